The predicted octanol–water partition coefficient (Wildman–Crippen LogP) is 1.42. The van der Waals surface area contributed by atoms with Crippen molar-refractivity contribution in [3.63, 3.8) is 0 Å². The van der Waals surface area contributed by atoms with Gasteiger partial charge in [0.25, 0.3) is 17.4 Å². The van der Waals surface area contributed by atoms with Crippen molar-refractivity contribution >= 4 is 11.8 Å². The highest BCUT2D eigenvalue weighted by Crippen LogP contribution is 2.14. The van der Waals surface area contributed by atoms with E-state index in [1.807, 2.05) is 30.3 Å². The zero-order valence-corrected chi connectivity index (χ0v) is 14.1. The van der Waals surface area contributed by atoms with E-state index < -0.39 is 17.4 Å². The lowest BCUT2D eigenvalue weighted by atomic mass is 10.2. The van der Waals surface area contributed by atoms with Crippen LogP contribution in [-0.4, -0.2) is 22.0 Å². The van der Waals surface area contributed by atoms with Gasteiger partial charge in [0.1, 0.15) is 12.4 Å². The number of nitrogens with zero attached hydrogens (tertiary/aromatic N) is 1. The van der Waals surface area contributed by atoms with Crippen molar-refractivity contribution in [1.82, 2.24) is 21.0 Å². The number of aromatic nitrogens is 2. The van der Waals surface area contributed by atoms with Gasteiger partial charge in [-0.3, -0.25) is 25.2 Å². The number of rotatable bonds is 5. The first-order valence-corrected chi connectivity index (χ1v) is 8.05. The molecule has 0 atom stereocenters. The molecule has 27 heavy (non-hydrogen) atoms. The van der Waals surface area contributed by atoms with Gasteiger partial charge in [-0.2, -0.15) is 5.10 Å². The fourth-order valence-electron chi connectivity index (χ4n) is 2.16. The first kappa shape index (κ1) is 17.9. The minimum Gasteiger partial charge on any atom is -0.489 e. The van der Waals surface area contributed by atoms with E-state index in [-0.39, 0.29) is 5.69 Å². The fourth-order valence-corrected chi connectivity index (χ4v) is 2.16. The van der Waals surface area contributed by atoms with Crippen LogP contribution in [-0.2, 0) is 6.61 Å². The Morgan fingerprint density at radius 1 is 0.889 bits per heavy atom. The van der Waals surface area contributed by atoms with Crippen LogP contribution >= 0.6 is 0 Å². The van der Waals surface area contributed by atoms with Crippen LogP contribution in [0.5, 0.6) is 5.75 Å². The van der Waals surface area contributed by atoms with E-state index in [1.54, 1.807) is 24.3 Å². The Balaban J connectivity index is 1.52. The average molecular weight is 364 g/mol. The maximum Gasteiger partial charge on any atom is 0.290 e. The van der Waals surface area contributed by atoms with Crippen LogP contribution in [0.25, 0.3) is 0 Å². The van der Waals surface area contributed by atoms with Crippen molar-refractivity contribution in [2.45, 2.75) is 6.61 Å². The zero-order valence-electron chi connectivity index (χ0n) is 14.1. The van der Waals surface area contributed by atoms with Crippen molar-refractivity contribution < 1.29 is 14.3 Å². The number of amides is 2. The first-order chi connectivity index (χ1) is 13.1. The molecule has 0 aliphatic carbocycles. The molecule has 0 spiro atoms. The molecule has 3 rings (SSSR count). The molecular weight excluding hydrogens is 348 g/mol. The van der Waals surface area contributed by atoms with Gasteiger partial charge in [-0.25, -0.2) is 5.10 Å². The van der Waals surface area contributed by atoms with Crippen LogP contribution in [0.2, 0.25) is 0 Å². The van der Waals surface area contributed by atoms with E-state index in [4.69, 9.17) is 4.74 Å². The highest BCUT2D eigenvalue weighted by atomic mass is 16.5. The number of nitrogens with one attached hydrogen (secondary N) is 3. The lowest BCUT2D eigenvalue weighted by Crippen LogP contribution is -2.42. The molecule has 0 unspecified atom stereocenters. The van der Waals surface area contributed by atoms with Crippen molar-refractivity contribution in [2.75, 3.05) is 0 Å². The standard InChI is InChI=1S/C19H16N4O4/c24-17-11-10-16(20-21-17)19(26)23-22-18(25)14-6-8-15(9-7-14)27-12-13-4-2-1-3-5-13/h1-11H,12H2,(H,21,24)(H,22,25)(H,23,26). The average Bonchev–Trinajstić information content (AvgIpc) is 2.72. The summed E-state index contributed by atoms with van der Waals surface area (Å²) in [6.45, 7) is 0.425. The lowest BCUT2D eigenvalue weighted by Gasteiger charge is -2.09. The zero-order chi connectivity index (χ0) is 19.1. The van der Waals surface area contributed by atoms with Crippen LogP contribution < -0.4 is 21.1 Å². The lowest BCUT2D eigenvalue weighted by molar-refractivity contribution is 0.0843. The molecule has 0 fully saturated rings. The Kier molecular flexibility index (Phi) is 5.58. The van der Waals surface area contributed by atoms with Crippen molar-refractivity contribution in [1.29, 1.82) is 0 Å². The summed E-state index contributed by atoms with van der Waals surface area (Å²) in [6, 6.07) is 18.6. The first-order valence-electron chi connectivity index (χ1n) is 8.05. The fraction of sp³-hybridized carbons (Fsp3) is 0.0526. The largest absolute Gasteiger partial charge is 0.489 e. The summed E-state index contributed by atoms with van der Waals surface area (Å²) in [5.41, 5.74) is 5.43. The van der Waals surface area contributed by atoms with E-state index in [2.05, 4.69) is 21.0 Å². The molecule has 0 radical (unpaired) electrons. The van der Waals surface area contributed by atoms with Crippen molar-refractivity contribution in [3.05, 3.63) is 93.9 Å². The number of hydrogen-bond donors (Lipinski definition) is 3. The highest BCUT2D eigenvalue weighted by Gasteiger charge is 2.10. The summed E-state index contributed by atoms with van der Waals surface area (Å²) in [5.74, 6) is -0.526. The predicted molar refractivity (Wildman–Crippen MR) is 97.0 cm³/mol. The van der Waals surface area contributed by atoms with Gasteiger partial charge in [-0.15, -0.1) is 0 Å². The normalized spacial score (nSPS) is 10.1. The van der Waals surface area contributed by atoms with Crippen LogP contribution in [0.3, 0.4) is 0 Å². The maximum atomic E-state index is 12.1. The molecule has 2 aromatic carbocycles. The number of benzene rings is 2. The second kappa shape index (κ2) is 8.43. The number of carbonyl (C=O) groups is 2. The van der Waals surface area contributed by atoms with E-state index in [0.717, 1.165) is 11.6 Å². The van der Waals surface area contributed by atoms with Crippen LogP contribution in [0, 0.1) is 0 Å². The minimum atomic E-state index is -0.651. The molecule has 0 aliphatic heterocycles. The molecule has 8 heteroatoms. The summed E-state index contributed by atoms with van der Waals surface area (Å²) < 4.78 is 5.65. The number of hydrogen-bond acceptors (Lipinski definition) is 5. The molecule has 3 aromatic rings. The van der Waals surface area contributed by atoms with Crippen molar-refractivity contribution in [2.24, 2.45) is 0 Å². The Morgan fingerprint density at radius 3 is 2.26 bits per heavy atom. The number of carbonyl (C=O) groups excluding carboxylic acids is 2. The molecule has 3 N–H and O–H groups in total. The number of H-pyrrole nitrogens is 1. The third kappa shape index (κ3) is 5.02. The Hall–Kier alpha value is -3.94. The molecule has 0 aliphatic rings. The molecule has 0 saturated carbocycles. The Morgan fingerprint density at radius 2 is 1.59 bits per heavy atom. The molecule has 0 bridgehead atoms. The van der Waals surface area contributed by atoms with E-state index in [0.29, 0.717) is 17.9 Å². The van der Waals surface area contributed by atoms with Gasteiger partial charge in [0, 0.05) is 11.6 Å². The minimum absolute atomic E-state index is 0.0282. The quantitative estimate of drug-likeness (QED) is 0.593. The Labute approximate surface area is 154 Å². The third-order valence-electron chi connectivity index (χ3n) is 3.57. The van der Waals surface area contributed by atoms with Crippen LogP contribution in [0.1, 0.15) is 26.4 Å². The molecule has 1 aromatic heterocycles. The molecule has 0 saturated heterocycles. The Bertz CT molecular complexity index is 964. The maximum absolute atomic E-state index is 12.1. The summed E-state index contributed by atoms with van der Waals surface area (Å²) in [6.07, 6.45) is 0. The van der Waals surface area contributed by atoms with Crippen molar-refractivity contribution in [3.8, 4) is 5.75 Å². The van der Waals surface area contributed by atoms with Gasteiger partial charge in [-0.1, -0.05) is 30.3 Å². The van der Waals surface area contributed by atoms with E-state index >= 15 is 0 Å². The monoisotopic (exact) mass is 364 g/mol. The van der Waals surface area contributed by atoms with Gasteiger partial charge >= 0.3 is 0 Å². The van der Waals surface area contributed by atoms with Gasteiger partial charge in [0.15, 0.2) is 5.69 Å². The highest BCUT2D eigenvalue weighted by molar-refractivity contribution is 5.98. The topological polar surface area (TPSA) is 113 Å². The van der Waals surface area contributed by atoms with Gasteiger partial charge in [0.05, 0.1) is 0 Å². The van der Waals surface area contributed by atoms with Gasteiger partial charge < -0.3 is 4.74 Å². The number of aromatic amines is 1. The molecule has 2 amide bonds. The molecule has 8 nitrogen and oxygen atoms in total. The molecule has 136 valence electrons. The van der Waals surface area contributed by atoms with Gasteiger partial charge in [0.2, 0.25) is 0 Å². The summed E-state index contributed by atoms with van der Waals surface area (Å²) >= 11 is 0. The summed E-state index contributed by atoms with van der Waals surface area (Å²) in [5, 5.41) is 5.71. The van der Waals surface area contributed by atoms with Gasteiger partial charge in [-0.05, 0) is 35.9 Å². The molecular formula is C19H16N4O4. The second-order valence-electron chi connectivity index (χ2n) is 5.51. The number of hydrazine groups is 1. The van der Waals surface area contributed by atoms with E-state index in [1.165, 1.54) is 6.07 Å². The third-order valence-corrected chi connectivity index (χ3v) is 3.57. The number of ether oxygens (including phenoxy) is 1. The summed E-state index contributed by atoms with van der Waals surface area (Å²) in [4.78, 5) is 34.8. The molecule has 1 heterocycles. The smallest absolute Gasteiger partial charge is 0.290 e. The van der Waals surface area contributed by atoms with E-state index in [9.17, 15) is 14.4 Å². The second-order valence-corrected chi connectivity index (χ2v) is 5.51. The summed E-state index contributed by atoms with van der Waals surface area (Å²) in [7, 11) is 0. The van der Waals surface area contributed by atoms with Crippen LogP contribution in [0.15, 0.2) is 71.5 Å². The van der Waals surface area contributed by atoms with Crippen LogP contribution in [0.4, 0.5) is 0 Å². The SMILES string of the molecule is O=C(NNC(=O)c1ccc(=O)[nH]n1)c1ccc(OCc2ccccc2)cc1.